The van der Waals surface area contributed by atoms with Crippen molar-refractivity contribution in [2.24, 2.45) is 40.4 Å². The predicted molar refractivity (Wildman–Crippen MR) is 137 cm³/mol. The van der Waals surface area contributed by atoms with Crippen LogP contribution in [-0.4, -0.2) is 17.0 Å². The Bertz CT molecular complexity index is 649. The lowest BCUT2D eigenvalue weighted by Crippen LogP contribution is -2.50. The van der Waals surface area contributed by atoms with E-state index in [4.69, 9.17) is 0 Å². The van der Waals surface area contributed by atoms with E-state index in [-0.39, 0.29) is 16.9 Å². The van der Waals surface area contributed by atoms with Gasteiger partial charge in [-0.15, -0.1) is 13.2 Å². The van der Waals surface area contributed by atoms with Crippen molar-refractivity contribution < 1.29 is 9.90 Å². The van der Waals surface area contributed by atoms with Crippen LogP contribution < -0.4 is 0 Å². The molecule has 0 aliphatic heterocycles. The molecule has 2 heteroatoms. The van der Waals surface area contributed by atoms with Crippen LogP contribution in [0, 0.1) is 40.4 Å². The van der Waals surface area contributed by atoms with Crippen molar-refractivity contribution in [3.63, 3.8) is 0 Å². The van der Waals surface area contributed by atoms with Crippen molar-refractivity contribution in [2.75, 3.05) is 0 Å². The van der Waals surface area contributed by atoms with Gasteiger partial charge in [0.2, 0.25) is 0 Å². The number of hydrogen-bond acceptors (Lipinski definition) is 2. The molecule has 0 saturated heterocycles. The number of ketones is 1. The van der Waals surface area contributed by atoms with Gasteiger partial charge in [-0.25, -0.2) is 0 Å². The molecule has 3 saturated carbocycles. The molecule has 32 heavy (non-hydrogen) atoms. The fourth-order valence-corrected chi connectivity index (χ4v) is 7.93. The Morgan fingerprint density at radius 1 is 1.06 bits per heavy atom. The van der Waals surface area contributed by atoms with Gasteiger partial charge in [-0.1, -0.05) is 72.5 Å². The normalized spacial score (nSPS) is 40.1. The summed E-state index contributed by atoms with van der Waals surface area (Å²) in [6.07, 6.45) is 14.8. The number of allylic oxidation sites excluding steroid dienone is 1. The van der Waals surface area contributed by atoms with Gasteiger partial charge in [0.1, 0.15) is 5.78 Å². The SMILES string of the molecule is C=C.CC.CC(C)CCCCC1C(=O)CC2C3CC=C4CC(O)CCC4(C)C3CCC12C. The van der Waals surface area contributed by atoms with E-state index in [1.165, 1.54) is 37.7 Å². The highest BCUT2D eigenvalue weighted by atomic mass is 16.3. The molecule has 0 aromatic heterocycles. The number of aliphatic hydroxyl groups is 1. The van der Waals surface area contributed by atoms with Crippen LogP contribution in [0.15, 0.2) is 24.8 Å². The van der Waals surface area contributed by atoms with Crippen molar-refractivity contribution in [1.82, 2.24) is 0 Å². The molecule has 7 atom stereocenters. The molecule has 0 spiro atoms. The number of rotatable bonds is 5. The highest BCUT2D eigenvalue weighted by Crippen LogP contribution is 2.66. The highest BCUT2D eigenvalue weighted by Gasteiger charge is 2.60. The number of Topliss-reactive ketones (excluding diaryl/α,β-unsaturated/α-hetero) is 1. The summed E-state index contributed by atoms with van der Waals surface area (Å²) in [4.78, 5) is 13.1. The summed E-state index contributed by atoms with van der Waals surface area (Å²) < 4.78 is 0. The van der Waals surface area contributed by atoms with Gasteiger partial charge in [0.15, 0.2) is 0 Å². The molecule has 2 nitrogen and oxygen atoms in total. The number of hydrogen-bond donors (Lipinski definition) is 1. The molecule has 4 rings (SSSR count). The number of aliphatic hydroxyl groups excluding tert-OH is 1. The van der Waals surface area contributed by atoms with Gasteiger partial charge in [-0.05, 0) is 79.4 Å². The summed E-state index contributed by atoms with van der Waals surface area (Å²) in [5.41, 5.74) is 2.05. The molecule has 0 radical (unpaired) electrons. The van der Waals surface area contributed by atoms with Crippen LogP contribution in [-0.2, 0) is 4.79 Å². The summed E-state index contributed by atoms with van der Waals surface area (Å²) in [7, 11) is 0. The molecule has 0 aromatic rings. The van der Waals surface area contributed by atoms with Gasteiger partial charge in [-0.2, -0.15) is 0 Å². The van der Waals surface area contributed by atoms with Crippen LogP contribution in [0.2, 0.25) is 0 Å². The molecular formula is C30H52O2. The predicted octanol–water partition coefficient (Wildman–Crippen LogP) is 8.15. The van der Waals surface area contributed by atoms with Gasteiger partial charge in [0, 0.05) is 12.3 Å². The van der Waals surface area contributed by atoms with E-state index < -0.39 is 0 Å². The molecule has 7 unspecified atom stereocenters. The first-order valence-electron chi connectivity index (χ1n) is 13.7. The molecule has 0 heterocycles. The van der Waals surface area contributed by atoms with Crippen LogP contribution in [0.4, 0.5) is 0 Å². The Morgan fingerprint density at radius 2 is 1.75 bits per heavy atom. The second-order valence-corrected chi connectivity index (χ2v) is 11.6. The van der Waals surface area contributed by atoms with E-state index in [1.54, 1.807) is 0 Å². The summed E-state index contributed by atoms with van der Waals surface area (Å²) in [6, 6.07) is 0. The van der Waals surface area contributed by atoms with Gasteiger partial charge in [0.25, 0.3) is 0 Å². The fraction of sp³-hybridized carbons (Fsp3) is 0.833. The van der Waals surface area contributed by atoms with Crippen molar-refractivity contribution in [1.29, 1.82) is 0 Å². The van der Waals surface area contributed by atoms with Gasteiger partial charge >= 0.3 is 0 Å². The zero-order valence-electron chi connectivity index (χ0n) is 22.1. The molecule has 0 bridgehead atoms. The van der Waals surface area contributed by atoms with Crippen molar-refractivity contribution in [3.8, 4) is 0 Å². The molecule has 3 fully saturated rings. The Hall–Kier alpha value is -0.890. The lowest BCUT2D eigenvalue weighted by molar-refractivity contribution is -0.122. The smallest absolute Gasteiger partial charge is 0.136 e. The Morgan fingerprint density at radius 3 is 2.41 bits per heavy atom. The topological polar surface area (TPSA) is 37.3 Å². The quantitative estimate of drug-likeness (QED) is 0.343. The van der Waals surface area contributed by atoms with E-state index in [0.29, 0.717) is 23.5 Å². The second-order valence-electron chi connectivity index (χ2n) is 11.6. The summed E-state index contributed by atoms with van der Waals surface area (Å²) in [6.45, 7) is 19.5. The van der Waals surface area contributed by atoms with Crippen LogP contribution in [0.5, 0.6) is 0 Å². The zero-order valence-corrected chi connectivity index (χ0v) is 22.1. The van der Waals surface area contributed by atoms with Crippen molar-refractivity contribution >= 4 is 5.78 Å². The minimum Gasteiger partial charge on any atom is -0.393 e. The van der Waals surface area contributed by atoms with Crippen LogP contribution in [0.1, 0.15) is 112 Å². The summed E-state index contributed by atoms with van der Waals surface area (Å²) >= 11 is 0. The third-order valence-corrected chi connectivity index (χ3v) is 9.65. The number of carbonyl (C=O) groups excluding carboxylic acids is 1. The van der Waals surface area contributed by atoms with E-state index in [0.717, 1.165) is 50.4 Å². The standard InChI is InChI=1S/C26H42O2.C2H6.C2H4/c1-17(2)7-5-6-8-22-24(28)16-23-20-10-9-18-15-19(27)11-13-25(18,3)21(20)12-14-26(22,23)4;2*1-2/h9,17,19-23,27H,5-8,10-16H2,1-4H3;1-2H3;1-2H2. The van der Waals surface area contributed by atoms with E-state index in [9.17, 15) is 9.90 Å². The first kappa shape index (κ1) is 27.4. The first-order valence-corrected chi connectivity index (χ1v) is 13.7. The van der Waals surface area contributed by atoms with E-state index in [2.05, 4.69) is 46.9 Å². The second kappa shape index (κ2) is 11.5. The number of fused-ring (bicyclic) bond motifs is 5. The van der Waals surface area contributed by atoms with E-state index >= 15 is 0 Å². The minimum atomic E-state index is -0.131. The van der Waals surface area contributed by atoms with Crippen LogP contribution >= 0.6 is 0 Å². The lowest BCUT2D eigenvalue weighted by Gasteiger charge is -2.57. The van der Waals surface area contributed by atoms with Gasteiger partial charge < -0.3 is 5.11 Å². The molecule has 0 amide bonds. The van der Waals surface area contributed by atoms with Crippen molar-refractivity contribution in [2.45, 2.75) is 118 Å². The highest BCUT2D eigenvalue weighted by molar-refractivity contribution is 5.84. The van der Waals surface area contributed by atoms with Crippen molar-refractivity contribution in [3.05, 3.63) is 24.8 Å². The number of carbonyl (C=O) groups is 1. The molecule has 4 aliphatic rings. The Labute approximate surface area is 199 Å². The lowest BCUT2D eigenvalue weighted by atomic mass is 9.47. The molecular weight excluding hydrogens is 392 g/mol. The largest absolute Gasteiger partial charge is 0.393 e. The first-order chi connectivity index (χ1) is 15.3. The fourth-order valence-electron chi connectivity index (χ4n) is 7.93. The monoisotopic (exact) mass is 444 g/mol. The molecule has 0 aromatic carbocycles. The Balaban J connectivity index is 0.000000860. The summed E-state index contributed by atoms with van der Waals surface area (Å²) in [5.74, 6) is 3.68. The van der Waals surface area contributed by atoms with Crippen LogP contribution in [0.25, 0.3) is 0 Å². The number of unbranched alkanes of at least 4 members (excludes halogenated alkanes) is 1. The van der Waals surface area contributed by atoms with Gasteiger partial charge in [0.05, 0.1) is 6.10 Å². The summed E-state index contributed by atoms with van der Waals surface area (Å²) in [5, 5.41) is 10.2. The molecule has 4 aliphatic carbocycles. The molecule has 1 N–H and O–H groups in total. The zero-order chi connectivity index (χ0) is 24.1. The van der Waals surface area contributed by atoms with E-state index in [1.807, 2.05) is 13.8 Å². The average Bonchev–Trinajstić information content (AvgIpc) is 3.04. The average molecular weight is 445 g/mol. The van der Waals surface area contributed by atoms with Gasteiger partial charge in [-0.3, -0.25) is 4.79 Å². The maximum Gasteiger partial charge on any atom is 0.136 e. The Kier molecular flexibility index (Phi) is 9.83. The maximum absolute atomic E-state index is 13.1. The maximum atomic E-state index is 13.1. The third-order valence-electron chi connectivity index (χ3n) is 9.65. The van der Waals surface area contributed by atoms with Crippen LogP contribution in [0.3, 0.4) is 0 Å². The molecule has 184 valence electrons. The third kappa shape index (κ3) is 5.11. The minimum absolute atomic E-state index is 0.131.